The molecule has 0 N–H and O–H groups in total. The van der Waals surface area contributed by atoms with Crippen LogP contribution in [-0.4, -0.2) is 29.1 Å². The van der Waals surface area contributed by atoms with Crippen molar-refractivity contribution in [1.29, 1.82) is 0 Å². The summed E-state index contributed by atoms with van der Waals surface area (Å²) in [5.41, 5.74) is 1.09. The molecule has 3 aromatic rings. The fourth-order valence-electron chi connectivity index (χ4n) is 2.70. The molecule has 0 bridgehead atoms. The van der Waals surface area contributed by atoms with Crippen LogP contribution in [0.5, 0.6) is 11.5 Å². The number of benzene rings is 2. The first-order chi connectivity index (χ1) is 13.9. The Hall–Kier alpha value is -2.63. The molecule has 0 fully saturated rings. The van der Waals surface area contributed by atoms with Gasteiger partial charge in [0, 0.05) is 4.47 Å². The van der Waals surface area contributed by atoms with E-state index in [4.69, 9.17) is 15.9 Å². The van der Waals surface area contributed by atoms with E-state index < -0.39 is 0 Å². The maximum Gasteiger partial charge on any atom is 0.282 e. The first-order valence-corrected chi connectivity index (χ1v) is 10.3. The fraction of sp³-hybridized carbons (Fsp3) is 0.190. The summed E-state index contributed by atoms with van der Waals surface area (Å²) in [5, 5.41) is 4.82. The quantitative estimate of drug-likeness (QED) is 0.355. The molecule has 0 unspecified atom stereocenters. The summed E-state index contributed by atoms with van der Waals surface area (Å²) in [6, 6.07) is 8.95. The van der Waals surface area contributed by atoms with Gasteiger partial charge >= 0.3 is 0 Å². The third-order valence-electron chi connectivity index (χ3n) is 3.92. The Morgan fingerprint density at radius 2 is 2.07 bits per heavy atom. The highest BCUT2D eigenvalue weighted by molar-refractivity contribution is 9.10. The Kier molecular flexibility index (Phi) is 6.72. The Bertz CT molecular complexity index is 1200. The summed E-state index contributed by atoms with van der Waals surface area (Å²) >= 11 is 6.86. The molecule has 2 aromatic carbocycles. The van der Waals surface area contributed by atoms with Gasteiger partial charge in [-0.1, -0.05) is 21.9 Å². The minimum atomic E-state index is -0.247. The van der Waals surface area contributed by atoms with Gasteiger partial charge in [-0.15, -0.1) is 6.42 Å². The van der Waals surface area contributed by atoms with Gasteiger partial charge < -0.3 is 9.47 Å². The minimum absolute atomic E-state index is 0.124. The lowest BCUT2D eigenvalue weighted by molar-refractivity contribution is 0.298. The second-order valence-electron chi connectivity index (χ2n) is 5.94. The predicted octanol–water partition coefficient (Wildman–Crippen LogP) is 4.52. The van der Waals surface area contributed by atoms with Gasteiger partial charge in [-0.2, -0.15) is 9.78 Å². The summed E-state index contributed by atoms with van der Waals surface area (Å²) in [7, 11) is 0. The van der Waals surface area contributed by atoms with Crippen molar-refractivity contribution in [2.75, 3.05) is 13.2 Å². The molecular formula is C21H17Br2N3O3. The standard InChI is InChI=1S/C21H17Br2N3O3/c1-4-8-29-20-17(23)9-14(10-19(20)28-5-2)12-24-26-13(3)25-18-7-6-15(22)11-16(18)21(26)27/h1,6-7,9-12H,5,8H2,2-3H3. The van der Waals surface area contributed by atoms with Crippen LogP contribution in [0.2, 0.25) is 0 Å². The average Bonchev–Trinajstić information content (AvgIpc) is 2.68. The molecule has 0 saturated carbocycles. The van der Waals surface area contributed by atoms with Gasteiger partial charge in [-0.3, -0.25) is 4.79 Å². The van der Waals surface area contributed by atoms with Crippen molar-refractivity contribution >= 4 is 49.0 Å². The van der Waals surface area contributed by atoms with Crippen LogP contribution in [0.1, 0.15) is 18.3 Å². The zero-order valence-corrected chi connectivity index (χ0v) is 18.9. The lowest BCUT2D eigenvalue weighted by atomic mass is 10.2. The van der Waals surface area contributed by atoms with E-state index >= 15 is 0 Å². The maximum absolute atomic E-state index is 12.8. The fourth-order valence-corrected chi connectivity index (χ4v) is 3.63. The predicted molar refractivity (Wildman–Crippen MR) is 121 cm³/mol. The highest BCUT2D eigenvalue weighted by atomic mass is 79.9. The molecule has 0 saturated heterocycles. The van der Waals surface area contributed by atoms with E-state index in [1.807, 2.05) is 19.1 Å². The number of aromatic nitrogens is 2. The first-order valence-electron chi connectivity index (χ1n) is 8.70. The van der Waals surface area contributed by atoms with Gasteiger partial charge in [-0.05, 0) is 65.7 Å². The van der Waals surface area contributed by atoms with Crippen molar-refractivity contribution < 1.29 is 9.47 Å². The highest BCUT2D eigenvalue weighted by Gasteiger charge is 2.12. The number of halogens is 2. The van der Waals surface area contributed by atoms with Crippen LogP contribution in [0.15, 0.2) is 49.2 Å². The van der Waals surface area contributed by atoms with Crippen molar-refractivity contribution in [3.63, 3.8) is 0 Å². The molecule has 0 radical (unpaired) electrons. The van der Waals surface area contributed by atoms with E-state index in [0.717, 1.165) is 4.47 Å². The average molecular weight is 519 g/mol. The molecule has 6 nitrogen and oxygen atoms in total. The SMILES string of the molecule is C#CCOc1c(Br)cc(C=Nn2c(C)nc3ccc(Br)cc3c2=O)cc1OCC. The van der Waals surface area contributed by atoms with Gasteiger partial charge in [-0.25, -0.2) is 4.98 Å². The molecule has 1 heterocycles. The van der Waals surface area contributed by atoms with Gasteiger partial charge in [0.05, 0.1) is 28.2 Å². The van der Waals surface area contributed by atoms with Crippen molar-refractivity contribution in [1.82, 2.24) is 9.66 Å². The molecule has 0 amide bonds. The number of aryl methyl sites for hydroxylation is 1. The largest absolute Gasteiger partial charge is 0.490 e. The summed E-state index contributed by atoms with van der Waals surface area (Å²) in [4.78, 5) is 17.3. The number of nitrogens with zero attached hydrogens (tertiary/aromatic N) is 3. The number of ether oxygens (including phenoxy) is 2. The molecule has 0 atom stereocenters. The van der Waals surface area contributed by atoms with Crippen LogP contribution in [0, 0.1) is 19.3 Å². The van der Waals surface area contributed by atoms with Gasteiger partial charge in [0.25, 0.3) is 5.56 Å². The Morgan fingerprint density at radius 1 is 1.28 bits per heavy atom. The minimum Gasteiger partial charge on any atom is -0.490 e. The molecule has 0 aliphatic heterocycles. The van der Waals surface area contributed by atoms with Gasteiger partial charge in [0.1, 0.15) is 12.4 Å². The Morgan fingerprint density at radius 3 is 2.79 bits per heavy atom. The van der Waals surface area contributed by atoms with Crippen molar-refractivity contribution in [3.05, 3.63) is 61.0 Å². The van der Waals surface area contributed by atoms with E-state index in [1.54, 1.807) is 31.3 Å². The number of terminal acetylenes is 1. The lowest BCUT2D eigenvalue weighted by Gasteiger charge is -2.13. The van der Waals surface area contributed by atoms with E-state index in [2.05, 4.69) is 47.9 Å². The third kappa shape index (κ3) is 4.69. The zero-order valence-electron chi connectivity index (χ0n) is 15.8. The number of hydrogen-bond acceptors (Lipinski definition) is 5. The summed E-state index contributed by atoms with van der Waals surface area (Å²) in [6.45, 7) is 4.19. The van der Waals surface area contributed by atoms with Crippen LogP contribution < -0.4 is 15.0 Å². The molecule has 0 spiro atoms. The number of rotatable bonds is 6. The number of fused-ring (bicyclic) bond motifs is 1. The van der Waals surface area contributed by atoms with Crippen molar-refractivity contribution in [3.8, 4) is 23.8 Å². The van der Waals surface area contributed by atoms with Crippen LogP contribution in [0.4, 0.5) is 0 Å². The zero-order chi connectivity index (χ0) is 21.0. The first kappa shape index (κ1) is 21.1. The van der Waals surface area contributed by atoms with Crippen LogP contribution >= 0.6 is 31.9 Å². The van der Waals surface area contributed by atoms with Crippen LogP contribution in [0.25, 0.3) is 10.9 Å². The second-order valence-corrected chi connectivity index (χ2v) is 7.71. The third-order valence-corrected chi connectivity index (χ3v) is 5.01. The van der Waals surface area contributed by atoms with Crippen molar-refractivity contribution in [2.45, 2.75) is 13.8 Å². The van der Waals surface area contributed by atoms with E-state index in [9.17, 15) is 4.79 Å². The molecule has 1 aromatic heterocycles. The molecular weight excluding hydrogens is 502 g/mol. The molecule has 0 aliphatic rings. The summed E-state index contributed by atoms with van der Waals surface area (Å²) in [6.07, 6.45) is 6.84. The van der Waals surface area contributed by atoms with Crippen molar-refractivity contribution in [2.24, 2.45) is 5.10 Å². The van der Waals surface area contributed by atoms with E-state index in [0.29, 0.717) is 44.9 Å². The summed E-state index contributed by atoms with van der Waals surface area (Å²) < 4.78 is 14.0. The van der Waals surface area contributed by atoms with Gasteiger partial charge in [0.2, 0.25) is 0 Å². The molecule has 0 aliphatic carbocycles. The second kappa shape index (κ2) is 9.25. The van der Waals surface area contributed by atoms with Crippen LogP contribution in [-0.2, 0) is 0 Å². The van der Waals surface area contributed by atoms with E-state index in [-0.39, 0.29) is 12.2 Å². The smallest absolute Gasteiger partial charge is 0.282 e. The van der Waals surface area contributed by atoms with E-state index in [1.165, 1.54) is 4.68 Å². The topological polar surface area (TPSA) is 65.7 Å². The number of hydrogen-bond donors (Lipinski definition) is 0. The molecule has 3 rings (SSSR count). The maximum atomic E-state index is 12.8. The summed E-state index contributed by atoms with van der Waals surface area (Å²) in [5.74, 6) is 3.97. The normalized spacial score (nSPS) is 11.0. The molecule has 29 heavy (non-hydrogen) atoms. The monoisotopic (exact) mass is 517 g/mol. The Balaban J connectivity index is 2.04. The highest BCUT2D eigenvalue weighted by Crippen LogP contribution is 2.36. The van der Waals surface area contributed by atoms with Crippen LogP contribution in [0.3, 0.4) is 0 Å². The van der Waals surface area contributed by atoms with Gasteiger partial charge in [0.15, 0.2) is 11.5 Å². The lowest BCUT2D eigenvalue weighted by Crippen LogP contribution is -2.20. The molecule has 148 valence electrons. The molecule has 8 heteroatoms. The Labute approximate surface area is 184 Å².